The third-order valence-electron chi connectivity index (χ3n) is 3.02. The van der Waals surface area contributed by atoms with Crippen molar-refractivity contribution < 1.29 is 9.18 Å². The van der Waals surface area contributed by atoms with Gasteiger partial charge in [0.2, 0.25) is 0 Å². The zero-order valence-corrected chi connectivity index (χ0v) is 10.7. The largest absolute Gasteiger partial charge is 0.327 e. The number of Topliss-reactive ketones (excluding diaryl/α,β-unsaturated/α-hetero) is 1. The molecule has 0 aliphatic heterocycles. The molecule has 0 saturated carbocycles. The quantitative estimate of drug-likeness (QED) is 0.855. The molecule has 1 unspecified atom stereocenters. The lowest BCUT2D eigenvalue weighted by Crippen LogP contribution is -2.29. The molecule has 0 amide bonds. The molecule has 0 saturated heterocycles. The Balaban J connectivity index is 2.65. The fraction of sp³-hybridized carbons (Fsp3) is 0.500. The van der Waals surface area contributed by atoms with E-state index in [-0.39, 0.29) is 30.0 Å². The molecule has 1 rings (SSSR count). The van der Waals surface area contributed by atoms with E-state index >= 15 is 0 Å². The summed E-state index contributed by atoms with van der Waals surface area (Å²) in [6.45, 7) is 5.86. The summed E-state index contributed by atoms with van der Waals surface area (Å²) in [5, 5.41) is 0. The van der Waals surface area contributed by atoms with Gasteiger partial charge in [0, 0.05) is 18.9 Å². The average Bonchev–Trinajstić information content (AvgIpc) is 2.23. The molecule has 17 heavy (non-hydrogen) atoms. The first kappa shape index (κ1) is 13.8. The Kier molecular flexibility index (Phi) is 4.82. The molecule has 1 atom stereocenters. The van der Waals surface area contributed by atoms with E-state index in [2.05, 4.69) is 0 Å². The maximum Gasteiger partial charge on any atom is 0.138 e. The highest BCUT2D eigenvalue weighted by Crippen LogP contribution is 2.13. The van der Waals surface area contributed by atoms with Crippen molar-refractivity contribution in [2.45, 2.75) is 39.7 Å². The molecular weight excluding hydrogens is 217 g/mol. The van der Waals surface area contributed by atoms with Crippen LogP contribution in [-0.2, 0) is 11.2 Å². The smallest absolute Gasteiger partial charge is 0.138 e. The van der Waals surface area contributed by atoms with Gasteiger partial charge in [-0.05, 0) is 36.1 Å². The number of nitrogens with two attached hydrogens (primary N) is 1. The molecule has 94 valence electrons. The molecule has 0 bridgehead atoms. The molecule has 2 N–H and O–H groups in total. The Morgan fingerprint density at radius 3 is 2.65 bits per heavy atom. The van der Waals surface area contributed by atoms with Crippen LogP contribution in [0.1, 0.15) is 31.4 Å². The molecule has 0 spiro atoms. The van der Waals surface area contributed by atoms with Crippen LogP contribution in [0, 0.1) is 18.7 Å². The lowest BCUT2D eigenvalue weighted by Gasteiger charge is -2.14. The number of halogens is 1. The van der Waals surface area contributed by atoms with Crippen LogP contribution in [0.2, 0.25) is 0 Å². The SMILES string of the molecule is Cc1ccc(F)cc1CC(=O)CC(N)C(C)C. The third-order valence-corrected chi connectivity index (χ3v) is 3.02. The molecule has 0 aliphatic rings. The Hall–Kier alpha value is -1.22. The van der Waals surface area contributed by atoms with Gasteiger partial charge in [0.25, 0.3) is 0 Å². The number of hydrogen-bond donors (Lipinski definition) is 1. The Morgan fingerprint density at radius 1 is 1.41 bits per heavy atom. The van der Waals surface area contributed by atoms with Gasteiger partial charge in [-0.2, -0.15) is 0 Å². The number of hydrogen-bond acceptors (Lipinski definition) is 2. The van der Waals surface area contributed by atoms with E-state index in [0.29, 0.717) is 6.42 Å². The van der Waals surface area contributed by atoms with Gasteiger partial charge in [0.15, 0.2) is 0 Å². The van der Waals surface area contributed by atoms with Crippen LogP contribution in [-0.4, -0.2) is 11.8 Å². The van der Waals surface area contributed by atoms with E-state index in [0.717, 1.165) is 11.1 Å². The minimum atomic E-state index is -0.299. The van der Waals surface area contributed by atoms with Gasteiger partial charge in [0.05, 0.1) is 0 Å². The fourth-order valence-electron chi connectivity index (χ4n) is 1.61. The van der Waals surface area contributed by atoms with Crippen LogP contribution in [0.3, 0.4) is 0 Å². The first-order valence-corrected chi connectivity index (χ1v) is 5.92. The Labute approximate surface area is 102 Å². The first-order valence-electron chi connectivity index (χ1n) is 5.92. The van der Waals surface area contributed by atoms with E-state index in [1.807, 2.05) is 20.8 Å². The summed E-state index contributed by atoms with van der Waals surface area (Å²) in [6, 6.07) is 4.41. The van der Waals surface area contributed by atoms with Crippen LogP contribution < -0.4 is 5.73 Å². The normalized spacial score (nSPS) is 12.8. The topological polar surface area (TPSA) is 43.1 Å². The molecule has 1 aromatic carbocycles. The van der Waals surface area contributed by atoms with Crippen molar-refractivity contribution >= 4 is 5.78 Å². The van der Waals surface area contributed by atoms with Crippen LogP contribution in [0.4, 0.5) is 4.39 Å². The van der Waals surface area contributed by atoms with Crippen molar-refractivity contribution in [3.8, 4) is 0 Å². The maximum atomic E-state index is 13.1. The minimum Gasteiger partial charge on any atom is -0.327 e. The molecule has 0 aliphatic carbocycles. The standard InChI is InChI=1S/C14H20FNO/c1-9(2)14(16)8-13(17)7-11-6-12(15)5-4-10(11)3/h4-6,9,14H,7-8,16H2,1-3H3. The third kappa shape index (κ3) is 4.27. The van der Waals surface area contributed by atoms with Gasteiger partial charge in [-0.3, -0.25) is 4.79 Å². The van der Waals surface area contributed by atoms with Crippen molar-refractivity contribution in [3.05, 3.63) is 35.1 Å². The van der Waals surface area contributed by atoms with Crippen LogP contribution in [0.5, 0.6) is 0 Å². The highest BCUT2D eigenvalue weighted by atomic mass is 19.1. The number of carbonyl (C=O) groups is 1. The molecule has 1 aromatic rings. The van der Waals surface area contributed by atoms with Crippen LogP contribution in [0.15, 0.2) is 18.2 Å². The molecular formula is C14H20FNO. The van der Waals surface area contributed by atoms with E-state index in [1.165, 1.54) is 12.1 Å². The zero-order valence-electron chi connectivity index (χ0n) is 10.7. The number of ketones is 1. The summed E-state index contributed by atoms with van der Waals surface area (Å²) in [5.74, 6) is 0.0546. The summed E-state index contributed by atoms with van der Waals surface area (Å²) in [4.78, 5) is 11.8. The molecule has 0 aromatic heterocycles. The molecule has 0 heterocycles. The molecule has 2 nitrogen and oxygen atoms in total. The monoisotopic (exact) mass is 237 g/mol. The second-order valence-electron chi connectivity index (χ2n) is 4.90. The van der Waals surface area contributed by atoms with Gasteiger partial charge in [0.1, 0.15) is 11.6 Å². The molecule has 0 fully saturated rings. The summed E-state index contributed by atoms with van der Waals surface area (Å²) >= 11 is 0. The van der Waals surface area contributed by atoms with Gasteiger partial charge in [-0.1, -0.05) is 19.9 Å². The van der Waals surface area contributed by atoms with Gasteiger partial charge in [-0.25, -0.2) is 4.39 Å². The van der Waals surface area contributed by atoms with Crippen molar-refractivity contribution in [2.75, 3.05) is 0 Å². The highest BCUT2D eigenvalue weighted by Gasteiger charge is 2.14. The number of aryl methyl sites for hydroxylation is 1. The number of carbonyl (C=O) groups excluding carboxylic acids is 1. The van der Waals surface area contributed by atoms with Crippen LogP contribution >= 0.6 is 0 Å². The number of rotatable bonds is 5. The Morgan fingerprint density at radius 2 is 2.06 bits per heavy atom. The summed E-state index contributed by atoms with van der Waals surface area (Å²) in [6.07, 6.45) is 0.623. The van der Waals surface area contributed by atoms with E-state index in [9.17, 15) is 9.18 Å². The minimum absolute atomic E-state index is 0.0694. The van der Waals surface area contributed by atoms with Gasteiger partial charge < -0.3 is 5.73 Å². The van der Waals surface area contributed by atoms with Crippen molar-refractivity contribution in [1.29, 1.82) is 0 Å². The fourth-order valence-corrected chi connectivity index (χ4v) is 1.61. The van der Waals surface area contributed by atoms with E-state index in [1.54, 1.807) is 6.07 Å². The summed E-state index contributed by atoms with van der Waals surface area (Å²) in [5.41, 5.74) is 7.54. The summed E-state index contributed by atoms with van der Waals surface area (Å²) < 4.78 is 13.1. The first-order chi connectivity index (χ1) is 7.90. The van der Waals surface area contributed by atoms with Crippen LogP contribution in [0.25, 0.3) is 0 Å². The van der Waals surface area contributed by atoms with Crippen molar-refractivity contribution in [1.82, 2.24) is 0 Å². The predicted octanol–water partition coefficient (Wildman–Crippen LogP) is 2.62. The van der Waals surface area contributed by atoms with E-state index < -0.39 is 0 Å². The second-order valence-corrected chi connectivity index (χ2v) is 4.90. The predicted molar refractivity (Wildman–Crippen MR) is 67.3 cm³/mol. The lowest BCUT2D eigenvalue weighted by molar-refractivity contribution is -0.118. The Bertz CT molecular complexity index is 401. The van der Waals surface area contributed by atoms with Gasteiger partial charge >= 0.3 is 0 Å². The maximum absolute atomic E-state index is 13.1. The average molecular weight is 237 g/mol. The van der Waals surface area contributed by atoms with Gasteiger partial charge in [-0.15, -0.1) is 0 Å². The zero-order chi connectivity index (χ0) is 13.0. The van der Waals surface area contributed by atoms with Crippen molar-refractivity contribution in [3.63, 3.8) is 0 Å². The molecule has 0 radical (unpaired) electrons. The van der Waals surface area contributed by atoms with E-state index in [4.69, 9.17) is 5.73 Å². The number of benzene rings is 1. The second kappa shape index (κ2) is 5.92. The summed E-state index contributed by atoms with van der Waals surface area (Å²) in [7, 11) is 0. The highest BCUT2D eigenvalue weighted by molar-refractivity contribution is 5.81. The lowest BCUT2D eigenvalue weighted by atomic mass is 9.95. The molecule has 3 heteroatoms. The van der Waals surface area contributed by atoms with Crippen molar-refractivity contribution in [2.24, 2.45) is 11.7 Å².